The van der Waals surface area contributed by atoms with Crippen molar-refractivity contribution in [2.75, 3.05) is 19.3 Å². The van der Waals surface area contributed by atoms with Gasteiger partial charge in [0, 0.05) is 25.6 Å². The van der Waals surface area contributed by atoms with Crippen molar-refractivity contribution in [3.8, 4) is 0 Å². The molecule has 16 heavy (non-hydrogen) atoms. The van der Waals surface area contributed by atoms with Crippen LogP contribution in [0.3, 0.4) is 0 Å². The number of carbonyl (C=O) groups is 1. The van der Waals surface area contributed by atoms with Crippen LogP contribution in [-0.4, -0.2) is 44.0 Å². The van der Waals surface area contributed by atoms with Crippen molar-refractivity contribution in [2.45, 2.75) is 39.7 Å². The van der Waals surface area contributed by atoms with Crippen molar-refractivity contribution >= 4 is 15.9 Å². The lowest BCUT2D eigenvalue weighted by molar-refractivity contribution is -0.121. The first-order valence-corrected chi connectivity index (χ1v) is 7.36. The van der Waals surface area contributed by atoms with Gasteiger partial charge < -0.3 is 5.32 Å². The van der Waals surface area contributed by atoms with Crippen LogP contribution in [0.4, 0.5) is 0 Å². The third-order valence-electron chi connectivity index (χ3n) is 1.98. The largest absolute Gasteiger partial charge is 0.354 e. The molecular formula is C10H22N2O3S. The molecule has 0 radical (unpaired) electrons. The monoisotopic (exact) mass is 250 g/mol. The van der Waals surface area contributed by atoms with E-state index in [1.807, 2.05) is 20.8 Å². The van der Waals surface area contributed by atoms with Crippen molar-refractivity contribution in [3.05, 3.63) is 0 Å². The number of amides is 1. The predicted octanol–water partition coefficient (Wildman–Crippen LogP) is 0.573. The molecule has 0 aromatic carbocycles. The normalized spacial score (nSPS) is 12.1. The molecule has 0 saturated carbocycles. The summed E-state index contributed by atoms with van der Waals surface area (Å²) in [6.45, 7) is 6.38. The second-order valence-electron chi connectivity index (χ2n) is 4.13. The van der Waals surface area contributed by atoms with Gasteiger partial charge in [-0.3, -0.25) is 4.79 Å². The van der Waals surface area contributed by atoms with Gasteiger partial charge in [0.25, 0.3) is 0 Å². The Bertz CT molecular complexity index is 312. The maximum atomic E-state index is 11.4. The number of hydrogen-bond acceptors (Lipinski definition) is 3. The summed E-state index contributed by atoms with van der Waals surface area (Å²) in [7, 11) is -3.20. The molecular weight excluding hydrogens is 228 g/mol. The number of carbonyl (C=O) groups excluding carboxylic acids is 1. The molecule has 5 nitrogen and oxygen atoms in total. The second kappa shape index (κ2) is 6.85. The van der Waals surface area contributed by atoms with Crippen LogP contribution in [0, 0.1) is 0 Å². The van der Waals surface area contributed by atoms with Crippen LogP contribution in [0.25, 0.3) is 0 Å². The quantitative estimate of drug-likeness (QED) is 0.718. The van der Waals surface area contributed by atoms with Gasteiger partial charge in [0.15, 0.2) is 0 Å². The van der Waals surface area contributed by atoms with Crippen molar-refractivity contribution in [2.24, 2.45) is 0 Å². The van der Waals surface area contributed by atoms with Crippen LogP contribution >= 0.6 is 0 Å². The van der Waals surface area contributed by atoms with Gasteiger partial charge in [0.1, 0.15) is 0 Å². The maximum Gasteiger partial charge on any atom is 0.221 e. The SMILES string of the molecule is CCCN(CCC(=O)NC(C)C)S(C)(=O)=O. The molecule has 0 aromatic heterocycles. The Morgan fingerprint density at radius 2 is 1.88 bits per heavy atom. The van der Waals surface area contributed by atoms with E-state index >= 15 is 0 Å². The van der Waals surface area contributed by atoms with Crippen molar-refractivity contribution in [3.63, 3.8) is 0 Å². The summed E-state index contributed by atoms with van der Waals surface area (Å²) in [6.07, 6.45) is 2.13. The van der Waals surface area contributed by atoms with Crippen LogP contribution < -0.4 is 5.32 Å². The lowest BCUT2D eigenvalue weighted by atomic mass is 10.3. The standard InChI is InChI=1S/C10H22N2O3S/c1-5-7-12(16(4,14)15)8-6-10(13)11-9(2)3/h9H,5-8H2,1-4H3,(H,11,13). The topological polar surface area (TPSA) is 66.5 Å². The van der Waals surface area contributed by atoms with Crippen molar-refractivity contribution in [1.82, 2.24) is 9.62 Å². The summed E-state index contributed by atoms with van der Waals surface area (Å²) in [6, 6.07) is 0.0883. The van der Waals surface area contributed by atoms with Gasteiger partial charge >= 0.3 is 0 Å². The highest BCUT2D eigenvalue weighted by Crippen LogP contribution is 2.01. The summed E-state index contributed by atoms with van der Waals surface area (Å²) in [5.74, 6) is -0.111. The minimum Gasteiger partial charge on any atom is -0.354 e. The maximum absolute atomic E-state index is 11.4. The highest BCUT2D eigenvalue weighted by Gasteiger charge is 2.16. The first kappa shape index (κ1) is 15.4. The zero-order valence-corrected chi connectivity index (χ0v) is 11.3. The summed E-state index contributed by atoms with van der Waals surface area (Å²) < 4.78 is 24.0. The number of nitrogens with zero attached hydrogens (tertiary/aromatic N) is 1. The molecule has 1 N–H and O–H groups in total. The first-order valence-electron chi connectivity index (χ1n) is 5.51. The number of hydrogen-bond donors (Lipinski definition) is 1. The smallest absolute Gasteiger partial charge is 0.221 e. The van der Waals surface area contributed by atoms with Crippen LogP contribution in [0.2, 0.25) is 0 Å². The first-order chi connectivity index (χ1) is 7.27. The average molecular weight is 250 g/mol. The molecule has 0 bridgehead atoms. The van der Waals surface area contributed by atoms with E-state index in [4.69, 9.17) is 0 Å². The summed E-state index contributed by atoms with van der Waals surface area (Å²) in [4.78, 5) is 11.4. The van der Waals surface area contributed by atoms with Gasteiger partial charge in [-0.05, 0) is 20.3 Å². The number of sulfonamides is 1. The Kier molecular flexibility index (Phi) is 6.59. The molecule has 0 rings (SSSR count). The zero-order chi connectivity index (χ0) is 12.8. The van der Waals surface area contributed by atoms with Gasteiger partial charge in [0.05, 0.1) is 6.26 Å². The minimum absolute atomic E-state index is 0.0883. The Morgan fingerprint density at radius 1 is 1.31 bits per heavy atom. The van der Waals surface area contributed by atoms with E-state index in [0.717, 1.165) is 6.42 Å². The van der Waals surface area contributed by atoms with Gasteiger partial charge in [-0.1, -0.05) is 6.92 Å². The molecule has 0 atom stereocenters. The lowest BCUT2D eigenvalue weighted by Gasteiger charge is -2.19. The Labute approximate surface area is 98.3 Å². The molecule has 0 aromatic rings. The third-order valence-corrected chi connectivity index (χ3v) is 3.28. The second-order valence-corrected chi connectivity index (χ2v) is 6.12. The third kappa shape index (κ3) is 6.79. The molecule has 0 unspecified atom stereocenters. The van der Waals surface area contributed by atoms with Gasteiger partial charge in [-0.25, -0.2) is 12.7 Å². The molecule has 0 saturated heterocycles. The summed E-state index contributed by atoms with van der Waals surface area (Å²) >= 11 is 0. The van der Waals surface area contributed by atoms with E-state index in [1.165, 1.54) is 10.6 Å². The molecule has 0 aliphatic heterocycles. The molecule has 0 aliphatic rings. The lowest BCUT2D eigenvalue weighted by Crippen LogP contribution is -2.36. The summed E-state index contributed by atoms with van der Waals surface area (Å²) in [5, 5.41) is 2.73. The fraction of sp³-hybridized carbons (Fsp3) is 0.900. The van der Waals surface area contributed by atoms with Gasteiger partial charge in [-0.15, -0.1) is 0 Å². The fourth-order valence-corrected chi connectivity index (χ4v) is 2.25. The minimum atomic E-state index is -3.20. The Morgan fingerprint density at radius 3 is 2.25 bits per heavy atom. The van der Waals surface area contributed by atoms with Crippen molar-refractivity contribution < 1.29 is 13.2 Å². The molecule has 6 heteroatoms. The van der Waals surface area contributed by atoms with Crippen LogP contribution in [-0.2, 0) is 14.8 Å². The van der Waals surface area contributed by atoms with Gasteiger partial charge in [0.2, 0.25) is 15.9 Å². The van der Waals surface area contributed by atoms with E-state index in [2.05, 4.69) is 5.32 Å². The Hall–Kier alpha value is -0.620. The zero-order valence-electron chi connectivity index (χ0n) is 10.5. The van der Waals surface area contributed by atoms with E-state index in [1.54, 1.807) is 0 Å². The van der Waals surface area contributed by atoms with Crippen LogP contribution in [0.1, 0.15) is 33.6 Å². The Balaban J connectivity index is 4.18. The summed E-state index contributed by atoms with van der Waals surface area (Å²) in [5.41, 5.74) is 0. The fourth-order valence-electron chi connectivity index (χ4n) is 1.31. The molecule has 0 aliphatic carbocycles. The predicted molar refractivity (Wildman–Crippen MR) is 64.6 cm³/mol. The number of nitrogens with one attached hydrogen (secondary N) is 1. The highest BCUT2D eigenvalue weighted by molar-refractivity contribution is 7.88. The van der Waals surface area contributed by atoms with E-state index in [9.17, 15) is 13.2 Å². The van der Waals surface area contributed by atoms with E-state index < -0.39 is 10.0 Å². The highest BCUT2D eigenvalue weighted by atomic mass is 32.2. The molecule has 0 spiro atoms. The van der Waals surface area contributed by atoms with Crippen LogP contribution in [0.15, 0.2) is 0 Å². The van der Waals surface area contributed by atoms with Gasteiger partial charge in [-0.2, -0.15) is 0 Å². The molecule has 0 fully saturated rings. The average Bonchev–Trinajstić information content (AvgIpc) is 2.08. The number of rotatable bonds is 7. The van der Waals surface area contributed by atoms with E-state index in [0.29, 0.717) is 6.54 Å². The van der Waals surface area contributed by atoms with E-state index in [-0.39, 0.29) is 24.9 Å². The molecule has 96 valence electrons. The molecule has 0 heterocycles. The van der Waals surface area contributed by atoms with Crippen molar-refractivity contribution in [1.29, 1.82) is 0 Å². The molecule has 1 amide bonds. The van der Waals surface area contributed by atoms with Crippen LogP contribution in [0.5, 0.6) is 0 Å².